The average molecular weight is 386 g/mol. The van der Waals surface area contributed by atoms with Crippen molar-refractivity contribution in [2.24, 2.45) is 17.4 Å². The zero-order valence-corrected chi connectivity index (χ0v) is 16.3. The number of fused-ring (bicyclic) bond motifs is 3. The number of amides is 3. The maximum atomic E-state index is 13.1. The Kier molecular flexibility index (Phi) is 6.34. The van der Waals surface area contributed by atoms with Gasteiger partial charge in [0.1, 0.15) is 6.04 Å². The molecule has 1 saturated carbocycles. The van der Waals surface area contributed by atoms with Crippen LogP contribution in [0.5, 0.6) is 0 Å². The van der Waals surface area contributed by atoms with Crippen LogP contribution in [0.4, 0.5) is 0 Å². The van der Waals surface area contributed by atoms with Gasteiger partial charge < -0.3 is 16.4 Å². The van der Waals surface area contributed by atoms with E-state index in [1.165, 1.54) is 0 Å². The lowest BCUT2D eigenvalue weighted by Crippen LogP contribution is -2.65. The van der Waals surface area contributed by atoms with Crippen LogP contribution in [0.2, 0.25) is 0 Å². The van der Waals surface area contributed by atoms with E-state index in [4.69, 9.17) is 11.5 Å². The standard InChI is InChI=1S/C21H30N4O3/c1-13(24-17(19(22)26)12-7-14-5-3-2-4-6-14)21(28)25-16-10-8-15(9-11-16)18(25)20(23)27/h2-6,13,15-18,24H,7-12H2,1H3,(H2,22,26)(H2,23,27)/t13?,15?,16?,17-,18-/m0/s1. The first-order valence-electron chi connectivity index (χ1n) is 10.1. The van der Waals surface area contributed by atoms with Crippen LogP contribution in [0.1, 0.15) is 44.6 Å². The molecule has 2 heterocycles. The molecular weight excluding hydrogens is 356 g/mol. The van der Waals surface area contributed by atoms with E-state index in [1.807, 2.05) is 30.3 Å². The van der Waals surface area contributed by atoms with Crippen LogP contribution in [-0.2, 0) is 20.8 Å². The predicted molar refractivity (Wildman–Crippen MR) is 106 cm³/mol. The first kappa shape index (κ1) is 20.3. The van der Waals surface area contributed by atoms with Gasteiger partial charge in [-0.25, -0.2) is 0 Å². The van der Waals surface area contributed by atoms with Crippen molar-refractivity contribution in [2.75, 3.05) is 0 Å². The zero-order valence-electron chi connectivity index (χ0n) is 16.3. The Hall–Kier alpha value is -2.41. The van der Waals surface area contributed by atoms with Gasteiger partial charge in [0.05, 0.1) is 12.1 Å². The Morgan fingerprint density at radius 3 is 2.32 bits per heavy atom. The van der Waals surface area contributed by atoms with Gasteiger partial charge in [0.25, 0.3) is 0 Å². The van der Waals surface area contributed by atoms with Gasteiger partial charge in [-0.3, -0.25) is 19.7 Å². The Morgan fingerprint density at radius 1 is 1.11 bits per heavy atom. The molecular formula is C21H30N4O3. The third kappa shape index (κ3) is 4.35. The van der Waals surface area contributed by atoms with Gasteiger partial charge in [-0.15, -0.1) is 0 Å². The van der Waals surface area contributed by atoms with Crippen LogP contribution in [0.15, 0.2) is 30.3 Å². The molecule has 152 valence electrons. The van der Waals surface area contributed by atoms with E-state index in [9.17, 15) is 14.4 Å². The molecule has 7 heteroatoms. The van der Waals surface area contributed by atoms with Crippen molar-refractivity contribution in [2.45, 2.75) is 69.6 Å². The van der Waals surface area contributed by atoms with E-state index < -0.39 is 29.9 Å². The first-order valence-corrected chi connectivity index (χ1v) is 10.1. The highest BCUT2D eigenvalue weighted by molar-refractivity contribution is 5.90. The number of aryl methyl sites for hydroxylation is 1. The highest BCUT2D eigenvalue weighted by Gasteiger charge is 2.47. The van der Waals surface area contributed by atoms with Gasteiger partial charge in [-0.1, -0.05) is 30.3 Å². The minimum atomic E-state index is -0.617. The fraction of sp³-hybridized carbons (Fsp3) is 0.571. The van der Waals surface area contributed by atoms with E-state index in [-0.39, 0.29) is 17.9 Å². The predicted octanol–water partition coefficient (Wildman–Crippen LogP) is 0.706. The number of carbonyl (C=O) groups excluding carboxylic acids is 3. The van der Waals surface area contributed by atoms with E-state index >= 15 is 0 Å². The highest BCUT2D eigenvalue weighted by Crippen LogP contribution is 2.39. The summed E-state index contributed by atoms with van der Waals surface area (Å²) in [5.74, 6) is -0.958. The summed E-state index contributed by atoms with van der Waals surface area (Å²) in [7, 11) is 0. The van der Waals surface area contributed by atoms with Crippen LogP contribution in [0.25, 0.3) is 0 Å². The lowest BCUT2D eigenvalue weighted by molar-refractivity contribution is -0.153. The average Bonchev–Trinajstić information content (AvgIpc) is 2.70. The number of nitrogens with two attached hydrogens (primary N) is 2. The number of hydrogen-bond acceptors (Lipinski definition) is 4. The largest absolute Gasteiger partial charge is 0.368 e. The van der Waals surface area contributed by atoms with Crippen molar-refractivity contribution in [3.8, 4) is 0 Å². The second kappa shape index (κ2) is 8.73. The summed E-state index contributed by atoms with van der Waals surface area (Å²) in [5.41, 5.74) is 12.3. The van der Waals surface area contributed by atoms with Gasteiger partial charge in [-0.05, 0) is 56.9 Å². The smallest absolute Gasteiger partial charge is 0.240 e. The molecule has 2 aliphatic heterocycles. The van der Waals surface area contributed by atoms with E-state index in [1.54, 1.807) is 11.8 Å². The molecule has 1 aromatic rings. The zero-order chi connectivity index (χ0) is 20.3. The molecule has 0 aromatic heterocycles. The Bertz CT molecular complexity index is 716. The van der Waals surface area contributed by atoms with E-state index in [0.717, 1.165) is 31.2 Å². The molecule has 2 bridgehead atoms. The van der Waals surface area contributed by atoms with E-state index in [2.05, 4.69) is 5.32 Å². The topological polar surface area (TPSA) is 119 Å². The van der Waals surface area contributed by atoms with Crippen LogP contribution in [0, 0.1) is 5.92 Å². The molecule has 4 rings (SSSR count). The maximum absolute atomic E-state index is 13.1. The number of nitrogens with one attached hydrogen (secondary N) is 1. The molecule has 1 unspecified atom stereocenters. The molecule has 3 fully saturated rings. The number of benzene rings is 1. The normalized spacial score (nSPS) is 25.9. The second-order valence-electron chi connectivity index (χ2n) is 8.03. The molecule has 0 spiro atoms. The lowest BCUT2D eigenvalue weighted by atomic mass is 9.74. The van der Waals surface area contributed by atoms with Crippen LogP contribution in [0.3, 0.4) is 0 Å². The number of hydrogen-bond donors (Lipinski definition) is 3. The molecule has 3 amide bonds. The summed E-state index contributed by atoms with van der Waals surface area (Å²) in [6.07, 6.45) is 4.86. The molecule has 2 saturated heterocycles. The Labute approximate surface area is 165 Å². The Morgan fingerprint density at radius 2 is 1.75 bits per heavy atom. The lowest BCUT2D eigenvalue weighted by Gasteiger charge is -2.50. The van der Waals surface area contributed by atoms with Crippen LogP contribution in [-0.4, -0.2) is 46.8 Å². The van der Waals surface area contributed by atoms with Crippen molar-refractivity contribution < 1.29 is 14.4 Å². The second-order valence-corrected chi connectivity index (χ2v) is 8.03. The minimum absolute atomic E-state index is 0.0515. The Balaban J connectivity index is 1.65. The third-order valence-corrected chi connectivity index (χ3v) is 6.16. The quantitative estimate of drug-likeness (QED) is 0.609. The third-order valence-electron chi connectivity index (χ3n) is 6.16. The summed E-state index contributed by atoms with van der Waals surface area (Å²) < 4.78 is 0. The molecule has 7 nitrogen and oxygen atoms in total. The SMILES string of the molecule is CC(N[C@@H](CCc1ccccc1)C(N)=O)C(=O)N1C2CCC(CC2)[C@H]1C(N)=O. The fourth-order valence-electron chi connectivity index (χ4n) is 4.70. The van der Waals surface area contributed by atoms with Crippen molar-refractivity contribution in [3.63, 3.8) is 0 Å². The molecule has 1 aromatic carbocycles. The highest BCUT2D eigenvalue weighted by atomic mass is 16.2. The number of primary amides is 2. The maximum Gasteiger partial charge on any atom is 0.240 e. The van der Waals surface area contributed by atoms with Crippen LogP contribution < -0.4 is 16.8 Å². The van der Waals surface area contributed by atoms with Gasteiger partial charge in [-0.2, -0.15) is 0 Å². The fourth-order valence-corrected chi connectivity index (χ4v) is 4.70. The molecule has 5 N–H and O–H groups in total. The van der Waals surface area contributed by atoms with Gasteiger partial charge in [0, 0.05) is 6.04 Å². The van der Waals surface area contributed by atoms with Crippen molar-refractivity contribution >= 4 is 17.7 Å². The summed E-state index contributed by atoms with van der Waals surface area (Å²) in [6, 6.07) is 8.10. The summed E-state index contributed by atoms with van der Waals surface area (Å²) in [5, 5.41) is 3.08. The summed E-state index contributed by atoms with van der Waals surface area (Å²) in [4.78, 5) is 38.7. The van der Waals surface area contributed by atoms with Crippen molar-refractivity contribution in [3.05, 3.63) is 35.9 Å². The van der Waals surface area contributed by atoms with Gasteiger partial charge in [0.2, 0.25) is 17.7 Å². The molecule has 3 aliphatic rings. The monoisotopic (exact) mass is 386 g/mol. The first-order chi connectivity index (χ1) is 13.4. The number of piperidine rings is 2. The minimum Gasteiger partial charge on any atom is -0.368 e. The molecule has 1 aliphatic carbocycles. The number of nitrogens with zero attached hydrogens (tertiary/aromatic N) is 1. The molecule has 28 heavy (non-hydrogen) atoms. The van der Waals surface area contributed by atoms with Crippen molar-refractivity contribution in [1.82, 2.24) is 10.2 Å². The van der Waals surface area contributed by atoms with Gasteiger partial charge >= 0.3 is 0 Å². The number of carbonyl (C=O) groups is 3. The summed E-state index contributed by atoms with van der Waals surface area (Å²) >= 11 is 0. The van der Waals surface area contributed by atoms with Crippen LogP contribution >= 0.6 is 0 Å². The number of rotatable bonds is 8. The van der Waals surface area contributed by atoms with Crippen molar-refractivity contribution in [1.29, 1.82) is 0 Å². The van der Waals surface area contributed by atoms with Gasteiger partial charge in [0.15, 0.2) is 0 Å². The van der Waals surface area contributed by atoms with E-state index in [0.29, 0.717) is 12.8 Å². The molecule has 3 atom stereocenters. The summed E-state index contributed by atoms with van der Waals surface area (Å²) in [6.45, 7) is 1.72. The molecule has 0 radical (unpaired) electrons.